The summed E-state index contributed by atoms with van der Waals surface area (Å²) in [7, 11) is -3.80. The summed E-state index contributed by atoms with van der Waals surface area (Å²) in [6, 6.07) is 0. The molecule has 0 rings (SSSR count). The summed E-state index contributed by atoms with van der Waals surface area (Å²) in [4.78, 5) is 0. The fourth-order valence-electron chi connectivity index (χ4n) is 3.94. The predicted molar refractivity (Wildman–Crippen MR) is 170 cm³/mol. The average molecular weight is 607 g/mol. The first kappa shape index (κ1) is 47.7. The summed E-state index contributed by atoms with van der Waals surface area (Å²) < 4.78 is 43.0. The van der Waals surface area contributed by atoms with Crippen LogP contribution in [0.15, 0.2) is 0 Å². The second kappa shape index (κ2) is 44.2. The van der Waals surface area contributed by atoms with Crippen LogP contribution in [0.3, 0.4) is 0 Å². The molecule has 0 aromatic rings. The molecule has 0 saturated heterocycles. The molecule has 6 nitrogen and oxygen atoms in total. The van der Waals surface area contributed by atoms with Gasteiger partial charge >= 0.3 is 40.0 Å². The van der Waals surface area contributed by atoms with E-state index in [4.69, 9.17) is 17.8 Å². The smallest absolute Gasteiger partial charge is 1.00 e. The van der Waals surface area contributed by atoms with Gasteiger partial charge in [-0.15, -0.1) is 0 Å². The van der Waals surface area contributed by atoms with Crippen molar-refractivity contribution in [3.05, 3.63) is 0 Å². The van der Waals surface area contributed by atoms with Crippen LogP contribution < -0.4 is 29.6 Å². The molecule has 0 amide bonds. The van der Waals surface area contributed by atoms with Gasteiger partial charge < -0.3 is 10.9 Å². The van der Waals surface area contributed by atoms with Crippen LogP contribution in [0.2, 0.25) is 0 Å². The maximum absolute atomic E-state index is 11.7. The molecule has 0 aliphatic rings. The average Bonchev–Trinajstić information content (AvgIpc) is 2.92. The monoisotopic (exact) mass is 606 g/mol. The molecular weight excluding hydrogens is 535 g/mol. The molecule has 242 valence electrons. The van der Waals surface area contributed by atoms with Crippen LogP contribution >= 0.6 is 0 Å². The largest absolute Gasteiger partial charge is 1.00 e. The minimum absolute atomic E-state index is 0. The van der Waals surface area contributed by atoms with Crippen molar-refractivity contribution in [2.45, 2.75) is 170 Å². The molecule has 0 aromatic heterocycles. The molecule has 0 aliphatic carbocycles. The summed E-state index contributed by atoms with van der Waals surface area (Å²) in [6.07, 6.45) is 24.4. The fraction of sp³-hybridized carbons (Fsp3) is 1.00. The van der Waals surface area contributed by atoms with Gasteiger partial charge in [-0.25, -0.2) is 8.37 Å². The van der Waals surface area contributed by atoms with Crippen LogP contribution in [0, 0.1) is 0 Å². The SMILES string of the molecule is CCCCCCCCCCCCOS(=O)(=O)OCCCCCCCCCCCC.CCOCC.CCOCC.[H-].[Na+]. The quantitative estimate of drug-likeness (QED) is 0.0687. The molecule has 0 saturated carbocycles. The van der Waals surface area contributed by atoms with Gasteiger partial charge in [-0.1, -0.05) is 129 Å². The van der Waals surface area contributed by atoms with Gasteiger partial charge in [0.2, 0.25) is 0 Å². The van der Waals surface area contributed by atoms with E-state index in [1.165, 1.54) is 89.9 Å². The number of hydrogen-bond donors (Lipinski definition) is 0. The van der Waals surface area contributed by atoms with E-state index in [1.807, 2.05) is 27.7 Å². The molecule has 0 aromatic carbocycles. The zero-order chi connectivity index (χ0) is 29.7. The molecular formula is C32H71NaO6S. The van der Waals surface area contributed by atoms with Crippen molar-refractivity contribution in [2.24, 2.45) is 0 Å². The van der Waals surface area contributed by atoms with Gasteiger partial charge in [0.15, 0.2) is 0 Å². The molecule has 0 spiro atoms. The predicted octanol–water partition coefficient (Wildman–Crippen LogP) is 7.31. The minimum Gasteiger partial charge on any atom is -1.00 e. The Bertz CT molecular complexity index is 470. The third-order valence-corrected chi connectivity index (χ3v) is 7.18. The molecule has 0 aliphatic heterocycles. The summed E-state index contributed by atoms with van der Waals surface area (Å²) in [5.41, 5.74) is 0. The number of rotatable bonds is 28. The van der Waals surface area contributed by atoms with Crippen molar-refractivity contribution in [3.63, 3.8) is 0 Å². The molecule has 0 heterocycles. The topological polar surface area (TPSA) is 71.1 Å². The van der Waals surface area contributed by atoms with Gasteiger partial charge in [-0.05, 0) is 40.5 Å². The van der Waals surface area contributed by atoms with Gasteiger partial charge in [-0.2, -0.15) is 8.42 Å². The van der Waals surface area contributed by atoms with Crippen LogP contribution in [0.1, 0.15) is 171 Å². The summed E-state index contributed by atoms with van der Waals surface area (Å²) in [6.45, 7) is 16.3. The maximum atomic E-state index is 11.7. The van der Waals surface area contributed by atoms with Crippen molar-refractivity contribution in [3.8, 4) is 0 Å². The molecule has 8 heteroatoms. The van der Waals surface area contributed by atoms with Crippen molar-refractivity contribution in [1.29, 1.82) is 0 Å². The van der Waals surface area contributed by atoms with E-state index in [0.717, 1.165) is 65.0 Å². The second-order valence-corrected chi connectivity index (χ2v) is 11.3. The number of ether oxygens (including phenoxy) is 2. The third-order valence-electron chi connectivity index (χ3n) is 6.27. The van der Waals surface area contributed by atoms with Crippen LogP contribution in [0.4, 0.5) is 0 Å². The van der Waals surface area contributed by atoms with Gasteiger partial charge in [0.1, 0.15) is 0 Å². The first-order chi connectivity index (χ1) is 18.9. The van der Waals surface area contributed by atoms with Crippen LogP contribution in [0.5, 0.6) is 0 Å². The Kier molecular flexibility index (Phi) is 52.8. The zero-order valence-electron chi connectivity index (χ0n) is 29.2. The van der Waals surface area contributed by atoms with Crippen molar-refractivity contribution < 1.29 is 57.2 Å². The Morgan fingerprint density at radius 3 is 0.825 bits per heavy atom. The van der Waals surface area contributed by atoms with Crippen molar-refractivity contribution >= 4 is 10.4 Å². The first-order valence-electron chi connectivity index (χ1n) is 16.6. The van der Waals surface area contributed by atoms with E-state index < -0.39 is 10.4 Å². The molecule has 0 bridgehead atoms. The summed E-state index contributed by atoms with van der Waals surface area (Å²) in [5, 5.41) is 0. The van der Waals surface area contributed by atoms with Gasteiger partial charge in [0, 0.05) is 26.4 Å². The third kappa shape index (κ3) is 51.5. The van der Waals surface area contributed by atoms with E-state index in [1.54, 1.807) is 0 Å². The summed E-state index contributed by atoms with van der Waals surface area (Å²) >= 11 is 0. The minimum atomic E-state index is -3.80. The fourth-order valence-corrected chi connectivity index (χ4v) is 4.66. The van der Waals surface area contributed by atoms with Crippen LogP contribution in [-0.2, 0) is 28.2 Å². The Balaban J connectivity index is -0.000000307. The second-order valence-electron chi connectivity index (χ2n) is 9.98. The van der Waals surface area contributed by atoms with Crippen molar-refractivity contribution in [2.75, 3.05) is 39.6 Å². The molecule has 0 N–H and O–H groups in total. The molecule has 0 radical (unpaired) electrons. The standard InChI is InChI=1S/C24H50O4S.2C4H10O.Na.H/c1-3-5-7-9-11-13-15-17-19-21-23-27-29(25,26)28-24-22-20-18-16-14-12-10-8-6-4-2;2*1-3-5-4-2;;/h3-24H2,1-2H3;2*3-4H2,1-2H3;;/q;;;+1;-1. The van der Waals surface area contributed by atoms with E-state index >= 15 is 0 Å². The van der Waals surface area contributed by atoms with E-state index in [-0.39, 0.29) is 44.2 Å². The van der Waals surface area contributed by atoms with Crippen molar-refractivity contribution in [1.82, 2.24) is 0 Å². The maximum Gasteiger partial charge on any atom is 1.00 e. The Morgan fingerprint density at radius 1 is 0.400 bits per heavy atom. The van der Waals surface area contributed by atoms with E-state index in [0.29, 0.717) is 0 Å². The van der Waals surface area contributed by atoms with Crippen LogP contribution in [0.25, 0.3) is 0 Å². The Morgan fingerprint density at radius 2 is 0.625 bits per heavy atom. The molecule has 0 unspecified atom stereocenters. The zero-order valence-corrected chi connectivity index (χ0v) is 31.1. The van der Waals surface area contributed by atoms with E-state index in [2.05, 4.69) is 13.8 Å². The normalized spacial score (nSPS) is 10.8. The number of hydrogen-bond acceptors (Lipinski definition) is 6. The van der Waals surface area contributed by atoms with E-state index in [9.17, 15) is 8.42 Å². The van der Waals surface area contributed by atoms with Gasteiger partial charge in [0.25, 0.3) is 0 Å². The van der Waals surface area contributed by atoms with Gasteiger partial charge in [0.05, 0.1) is 13.2 Å². The summed E-state index contributed by atoms with van der Waals surface area (Å²) in [5.74, 6) is 0. The first-order valence-corrected chi connectivity index (χ1v) is 18.0. The Labute approximate surface area is 275 Å². The molecule has 0 fully saturated rings. The molecule has 0 atom stereocenters. The van der Waals surface area contributed by atoms with Gasteiger partial charge in [-0.3, -0.25) is 0 Å². The molecule has 40 heavy (non-hydrogen) atoms. The Hall–Kier alpha value is 0.790. The van der Waals surface area contributed by atoms with Crippen LogP contribution in [-0.4, -0.2) is 48.1 Å². The number of unbranched alkanes of at least 4 members (excludes halogenated alkanes) is 18.